The predicted octanol–water partition coefficient (Wildman–Crippen LogP) is 3.78. The molecule has 1 atom stereocenters. The van der Waals surface area contributed by atoms with E-state index < -0.39 is 0 Å². The van der Waals surface area contributed by atoms with Crippen molar-refractivity contribution < 1.29 is 8.78 Å². The average molecular weight is 329 g/mol. The zero-order chi connectivity index (χ0) is 15.2. The molecule has 6 heteroatoms. The van der Waals surface area contributed by atoms with Crippen LogP contribution in [0.15, 0.2) is 47.4 Å². The number of nitrogens with one attached hydrogen (secondary N) is 1. The predicted molar refractivity (Wildman–Crippen MR) is 83.3 cm³/mol. The lowest BCUT2D eigenvalue weighted by Gasteiger charge is -2.16. The number of rotatable bonds is 6. The molecule has 0 bridgehead atoms. The van der Waals surface area contributed by atoms with Crippen LogP contribution in [0.2, 0.25) is 5.02 Å². The summed E-state index contributed by atoms with van der Waals surface area (Å²) in [5.41, 5.74) is 3.16. The molecule has 0 aliphatic carbocycles. The summed E-state index contributed by atoms with van der Waals surface area (Å²) in [5, 5.41) is 0.356. The molecule has 0 radical (unpaired) electrons. The molecule has 0 fully saturated rings. The third-order valence-corrected chi connectivity index (χ3v) is 4.44. The monoisotopic (exact) mass is 328 g/mol. The second kappa shape index (κ2) is 7.75. The van der Waals surface area contributed by atoms with Crippen LogP contribution in [0.3, 0.4) is 0 Å². The van der Waals surface area contributed by atoms with E-state index in [2.05, 4.69) is 5.43 Å². The van der Waals surface area contributed by atoms with Crippen molar-refractivity contribution in [2.75, 3.05) is 5.75 Å². The van der Waals surface area contributed by atoms with Crippen molar-refractivity contribution in [2.24, 2.45) is 5.84 Å². The van der Waals surface area contributed by atoms with Gasteiger partial charge in [0.05, 0.1) is 0 Å². The molecule has 2 aromatic carbocycles. The summed E-state index contributed by atoms with van der Waals surface area (Å²) < 4.78 is 27.3. The number of thioether (sulfide) groups is 1. The van der Waals surface area contributed by atoms with Crippen LogP contribution < -0.4 is 11.3 Å². The smallest absolute Gasteiger partial charge is 0.136 e. The molecule has 1 unspecified atom stereocenters. The standard InChI is InChI=1S/C15H15ClF2N2S/c16-11-6-5-10(14(18)8-11)7-12(20-19)9-21-15-4-2-1-3-13(15)17/h1-6,8,12,20H,7,9,19H2. The van der Waals surface area contributed by atoms with E-state index in [0.717, 1.165) is 0 Å². The normalized spacial score (nSPS) is 12.4. The second-order valence-corrected chi connectivity index (χ2v) is 6.04. The number of hydrogen-bond donors (Lipinski definition) is 2. The molecule has 0 saturated heterocycles. The Morgan fingerprint density at radius 3 is 2.57 bits per heavy atom. The third kappa shape index (κ3) is 4.68. The van der Waals surface area contributed by atoms with Gasteiger partial charge in [0.25, 0.3) is 0 Å². The topological polar surface area (TPSA) is 38.0 Å². The fourth-order valence-electron chi connectivity index (χ4n) is 1.87. The first-order valence-electron chi connectivity index (χ1n) is 6.37. The minimum absolute atomic E-state index is 0.176. The molecule has 2 rings (SSSR count). The maximum Gasteiger partial charge on any atom is 0.136 e. The molecule has 3 N–H and O–H groups in total. The molecular formula is C15H15ClF2N2S. The van der Waals surface area contributed by atoms with Crippen LogP contribution in [0.5, 0.6) is 0 Å². The fraction of sp³-hybridized carbons (Fsp3) is 0.200. The first kappa shape index (κ1) is 16.2. The Balaban J connectivity index is 1.99. The number of benzene rings is 2. The summed E-state index contributed by atoms with van der Waals surface area (Å²) in [6, 6.07) is 10.9. The summed E-state index contributed by atoms with van der Waals surface area (Å²) in [7, 11) is 0. The first-order valence-corrected chi connectivity index (χ1v) is 7.74. The summed E-state index contributed by atoms with van der Waals surface area (Å²) in [5.74, 6) is 5.39. The molecule has 21 heavy (non-hydrogen) atoms. The van der Waals surface area contributed by atoms with Crippen molar-refractivity contribution >= 4 is 23.4 Å². The van der Waals surface area contributed by atoms with Crippen LogP contribution >= 0.6 is 23.4 Å². The van der Waals surface area contributed by atoms with Gasteiger partial charge in [-0.25, -0.2) is 8.78 Å². The van der Waals surface area contributed by atoms with E-state index in [4.69, 9.17) is 17.4 Å². The Bertz CT molecular complexity index is 610. The molecule has 2 nitrogen and oxygen atoms in total. The van der Waals surface area contributed by atoms with Gasteiger partial charge < -0.3 is 0 Å². The first-order chi connectivity index (χ1) is 10.1. The SMILES string of the molecule is NNC(CSc1ccccc1F)Cc1ccc(Cl)cc1F. The molecule has 0 aromatic heterocycles. The summed E-state index contributed by atoms with van der Waals surface area (Å²) in [6.45, 7) is 0. The Morgan fingerprint density at radius 2 is 1.90 bits per heavy atom. The van der Waals surface area contributed by atoms with Crippen LogP contribution in [0.25, 0.3) is 0 Å². The summed E-state index contributed by atoms with van der Waals surface area (Å²) in [4.78, 5) is 0.550. The summed E-state index contributed by atoms with van der Waals surface area (Å²) in [6.07, 6.45) is 0.404. The van der Waals surface area contributed by atoms with Crippen molar-refractivity contribution in [3.8, 4) is 0 Å². The lowest BCUT2D eigenvalue weighted by molar-refractivity contribution is 0.546. The van der Waals surface area contributed by atoms with Gasteiger partial charge in [-0.2, -0.15) is 0 Å². The minimum Gasteiger partial charge on any atom is -0.271 e. The van der Waals surface area contributed by atoms with E-state index >= 15 is 0 Å². The molecular weight excluding hydrogens is 314 g/mol. The zero-order valence-electron chi connectivity index (χ0n) is 11.2. The van der Waals surface area contributed by atoms with E-state index in [1.54, 1.807) is 30.3 Å². The van der Waals surface area contributed by atoms with Crippen LogP contribution in [-0.4, -0.2) is 11.8 Å². The van der Waals surface area contributed by atoms with Crippen LogP contribution in [0.1, 0.15) is 5.56 Å². The zero-order valence-corrected chi connectivity index (χ0v) is 12.7. The van der Waals surface area contributed by atoms with Gasteiger partial charge in [-0.1, -0.05) is 29.8 Å². The van der Waals surface area contributed by atoms with Gasteiger partial charge in [0, 0.05) is 21.7 Å². The Labute approximate surface area is 131 Å². The van der Waals surface area contributed by atoms with Crippen LogP contribution in [0.4, 0.5) is 8.78 Å². The summed E-state index contributed by atoms with van der Waals surface area (Å²) >= 11 is 7.06. The van der Waals surface area contributed by atoms with Crippen molar-refractivity contribution in [1.82, 2.24) is 5.43 Å². The molecule has 0 aliphatic rings. The molecule has 0 spiro atoms. The van der Waals surface area contributed by atoms with Crippen molar-refractivity contribution in [3.63, 3.8) is 0 Å². The highest BCUT2D eigenvalue weighted by atomic mass is 35.5. The number of hydrogen-bond acceptors (Lipinski definition) is 3. The van der Waals surface area contributed by atoms with Crippen LogP contribution in [-0.2, 0) is 6.42 Å². The molecule has 0 saturated carbocycles. The van der Waals surface area contributed by atoms with Gasteiger partial charge in [-0.15, -0.1) is 11.8 Å². The number of hydrazine groups is 1. The van der Waals surface area contributed by atoms with Gasteiger partial charge in [0.2, 0.25) is 0 Å². The van der Waals surface area contributed by atoms with Gasteiger partial charge >= 0.3 is 0 Å². The Kier molecular flexibility index (Phi) is 5.99. The lowest BCUT2D eigenvalue weighted by Crippen LogP contribution is -2.38. The van der Waals surface area contributed by atoms with Gasteiger partial charge in [0.1, 0.15) is 11.6 Å². The average Bonchev–Trinajstić information content (AvgIpc) is 2.47. The quantitative estimate of drug-likeness (QED) is 0.481. The van der Waals surface area contributed by atoms with Crippen LogP contribution in [0, 0.1) is 11.6 Å². The molecule has 112 valence electrons. The largest absolute Gasteiger partial charge is 0.271 e. The van der Waals surface area contributed by atoms with Gasteiger partial charge in [0.15, 0.2) is 0 Å². The lowest BCUT2D eigenvalue weighted by atomic mass is 10.1. The minimum atomic E-state index is -0.362. The van der Waals surface area contributed by atoms with E-state index in [1.807, 2.05) is 0 Å². The van der Waals surface area contributed by atoms with Gasteiger partial charge in [-0.05, 0) is 36.2 Å². The molecule has 0 heterocycles. The number of nitrogens with two attached hydrogens (primary N) is 1. The number of halogens is 3. The maximum absolute atomic E-state index is 13.8. The third-order valence-electron chi connectivity index (χ3n) is 2.99. The second-order valence-electron chi connectivity index (χ2n) is 4.54. The molecule has 0 amide bonds. The van der Waals surface area contributed by atoms with Crippen molar-refractivity contribution in [3.05, 3.63) is 64.7 Å². The fourth-order valence-corrected chi connectivity index (χ4v) is 3.01. The molecule has 0 aliphatic heterocycles. The maximum atomic E-state index is 13.8. The van der Waals surface area contributed by atoms with E-state index in [0.29, 0.717) is 27.7 Å². The highest BCUT2D eigenvalue weighted by Crippen LogP contribution is 2.23. The van der Waals surface area contributed by atoms with E-state index in [-0.39, 0.29) is 17.7 Å². The van der Waals surface area contributed by atoms with E-state index in [1.165, 1.54) is 23.9 Å². The Morgan fingerprint density at radius 1 is 1.14 bits per heavy atom. The Hall–Kier alpha value is -1.14. The van der Waals surface area contributed by atoms with Crippen molar-refractivity contribution in [1.29, 1.82) is 0 Å². The molecule has 2 aromatic rings. The van der Waals surface area contributed by atoms with E-state index in [9.17, 15) is 8.78 Å². The van der Waals surface area contributed by atoms with Crippen molar-refractivity contribution in [2.45, 2.75) is 17.4 Å². The van der Waals surface area contributed by atoms with Gasteiger partial charge in [-0.3, -0.25) is 11.3 Å². The highest BCUT2D eigenvalue weighted by molar-refractivity contribution is 7.99. The highest BCUT2D eigenvalue weighted by Gasteiger charge is 2.13.